The van der Waals surface area contributed by atoms with Gasteiger partial charge in [0.05, 0.1) is 0 Å². The molecular formula is C11H20O2. The largest absolute Gasteiger partial charge is 0.481 e. The van der Waals surface area contributed by atoms with Crippen LogP contribution in [0.25, 0.3) is 0 Å². The van der Waals surface area contributed by atoms with E-state index in [1.54, 1.807) is 0 Å². The van der Waals surface area contributed by atoms with E-state index in [9.17, 15) is 4.79 Å². The summed E-state index contributed by atoms with van der Waals surface area (Å²) >= 11 is 0. The predicted octanol–water partition coefficient (Wildman–Crippen LogP) is 3.23. The summed E-state index contributed by atoms with van der Waals surface area (Å²) < 4.78 is 0. The Balaban J connectivity index is 0.000000223. The molecule has 0 unspecified atom stereocenters. The van der Waals surface area contributed by atoms with Crippen molar-refractivity contribution in [3.63, 3.8) is 0 Å². The lowest BCUT2D eigenvalue weighted by molar-refractivity contribution is -0.137. The lowest BCUT2D eigenvalue weighted by Gasteiger charge is -1.97. The maximum atomic E-state index is 9.81. The Morgan fingerprint density at radius 3 is 1.85 bits per heavy atom. The van der Waals surface area contributed by atoms with E-state index in [2.05, 4.69) is 12.2 Å². The molecule has 0 aromatic rings. The zero-order valence-electron chi connectivity index (χ0n) is 8.62. The number of hydrogen-bond donors (Lipinski definition) is 1. The Labute approximate surface area is 80.7 Å². The molecule has 0 radical (unpaired) electrons. The Morgan fingerprint density at radius 2 is 1.77 bits per heavy atom. The third kappa shape index (κ3) is 11.2. The van der Waals surface area contributed by atoms with Gasteiger partial charge in [-0.3, -0.25) is 4.79 Å². The van der Waals surface area contributed by atoms with Gasteiger partial charge in [0, 0.05) is 6.42 Å². The Hall–Kier alpha value is -0.790. The maximum absolute atomic E-state index is 9.81. The molecule has 76 valence electrons. The number of carbonyl (C=O) groups is 1. The lowest BCUT2D eigenvalue weighted by Crippen LogP contribution is -1.99. The van der Waals surface area contributed by atoms with Crippen LogP contribution in [0.4, 0.5) is 0 Å². The number of allylic oxidation sites excluding steroid dienone is 2. The minimum absolute atomic E-state index is 0.275. The fraction of sp³-hybridized carbons (Fsp3) is 0.727. The average molecular weight is 184 g/mol. The maximum Gasteiger partial charge on any atom is 0.303 e. The summed E-state index contributed by atoms with van der Waals surface area (Å²) in [5.41, 5.74) is 0. The first-order chi connectivity index (χ1) is 6.13. The number of carboxylic acids is 1. The van der Waals surface area contributed by atoms with Crippen molar-refractivity contribution in [2.45, 2.75) is 46.0 Å². The smallest absolute Gasteiger partial charge is 0.303 e. The highest BCUT2D eigenvalue weighted by molar-refractivity contribution is 5.66. The van der Waals surface area contributed by atoms with E-state index in [1.807, 2.05) is 13.8 Å². The van der Waals surface area contributed by atoms with Crippen molar-refractivity contribution in [3.8, 4) is 0 Å². The van der Waals surface area contributed by atoms with Crippen LogP contribution in [0.1, 0.15) is 46.0 Å². The van der Waals surface area contributed by atoms with Gasteiger partial charge >= 0.3 is 5.97 Å². The van der Waals surface area contributed by atoms with Crippen molar-refractivity contribution in [2.24, 2.45) is 5.92 Å². The minimum Gasteiger partial charge on any atom is -0.481 e. The molecule has 0 atom stereocenters. The lowest BCUT2D eigenvalue weighted by atomic mass is 10.1. The number of carboxylic acid groups (broad SMARTS) is 1. The van der Waals surface area contributed by atoms with Crippen LogP contribution in [-0.2, 0) is 4.79 Å². The van der Waals surface area contributed by atoms with Gasteiger partial charge in [-0.2, -0.15) is 0 Å². The SMILES string of the molecule is C1=CCCCC1.CC(C)CC(=O)O. The summed E-state index contributed by atoms with van der Waals surface area (Å²) in [5, 5.41) is 8.08. The van der Waals surface area contributed by atoms with E-state index in [1.165, 1.54) is 25.7 Å². The zero-order chi connectivity index (χ0) is 10.1. The van der Waals surface area contributed by atoms with Gasteiger partial charge in [0.2, 0.25) is 0 Å². The standard InChI is InChI=1S/C6H10.C5H10O2/c1-2-4-6-5-3-1;1-4(2)3-5(6)7/h1-2H,3-6H2;4H,3H2,1-2H3,(H,6,7). The monoisotopic (exact) mass is 184 g/mol. The first kappa shape index (κ1) is 12.2. The van der Waals surface area contributed by atoms with Crippen molar-refractivity contribution >= 4 is 5.97 Å². The Morgan fingerprint density at radius 1 is 1.31 bits per heavy atom. The van der Waals surface area contributed by atoms with Gasteiger partial charge in [-0.25, -0.2) is 0 Å². The average Bonchev–Trinajstić information content (AvgIpc) is 2.06. The molecular weight excluding hydrogens is 164 g/mol. The highest BCUT2D eigenvalue weighted by atomic mass is 16.4. The number of rotatable bonds is 2. The third-order valence-electron chi connectivity index (χ3n) is 1.74. The van der Waals surface area contributed by atoms with Crippen LogP contribution in [0.5, 0.6) is 0 Å². The highest BCUT2D eigenvalue weighted by Crippen LogP contribution is 2.07. The second-order valence-electron chi connectivity index (χ2n) is 3.75. The summed E-state index contributed by atoms with van der Waals surface area (Å²) in [4.78, 5) is 9.81. The van der Waals surface area contributed by atoms with E-state index in [0.29, 0.717) is 0 Å². The molecule has 2 heteroatoms. The fourth-order valence-corrected chi connectivity index (χ4v) is 1.11. The van der Waals surface area contributed by atoms with Crippen LogP contribution in [0.3, 0.4) is 0 Å². The molecule has 2 nitrogen and oxygen atoms in total. The van der Waals surface area contributed by atoms with Crippen LogP contribution < -0.4 is 0 Å². The number of aliphatic carboxylic acids is 1. The van der Waals surface area contributed by atoms with Gasteiger partial charge in [0.1, 0.15) is 0 Å². The van der Waals surface area contributed by atoms with Crippen LogP contribution in [0.2, 0.25) is 0 Å². The molecule has 1 aliphatic carbocycles. The Kier molecular flexibility index (Phi) is 7.36. The minimum atomic E-state index is -0.713. The molecule has 1 rings (SSSR count). The molecule has 13 heavy (non-hydrogen) atoms. The second kappa shape index (κ2) is 7.84. The molecule has 0 amide bonds. The molecule has 0 aliphatic heterocycles. The van der Waals surface area contributed by atoms with E-state index in [0.717, 1.165) is 0 Å². The molecule has 0 spiro atoms. The summed E-state index contributed by atoms with van der Waals surface area (Å²) in [7, 11) is 0. The van der Waals surface area contributed by atoms with Gasteiger partial charge in [-0.1, -0.05) is 26.0 Å². The summed E-state index contributed by atoms with van der Waals surface area (Å²) in [6, 6.07) is 0. The third-order valence-corrected chi connectivity index (χ3v) is 1.74. The zero-order valence-corrected chi connectivity index (χ0v) is 8.62. The molecule has 1 aliphatic rings. The highest BCUT2D eigenvalue weighted by Gasteiger charge is 1.98. The summed E-state index contributed by atoms with van der Waals surface area (Å²) in [6.07, 6.45) is 10.3. The van der Waals surface area contributed by atoms with Crippen molar-refractivity contribution in [1.82, 2.24) is 0 Å². The molecule has 0 saturated carbocycles. The van der Waals surface area contributed by atoms with Crippen molar-refractivity contribution in [1.29, 1.82) is 0 Å². The predicted molar refractivity (Wildman–Crippen MR) is 54.7 cm³/mol. The number of hydrogen-bond acceptors (Lipinski definition) is 1. The van der Waals surface area contributed by atoms with Crippen LogP contribution in [0.15, 0.2) is 12.2 Å². The topological polar surface area (TPSA) is 37.3 Å². The molecule has 1 N–H and O–H groups in total. The normalized spacial score (nSPS) is 15.0. The van der Waals surface area contributed by atoms with E-state index in [4.69, 9.17) is 5.11 Å². The first-order valence-electron chi connectivity index (χ1n) is 4.99. The molecule has 0 bridgehead atoms. The summed E-state index contributed by atoms with van der Waals surface area (Å²) in [6.45, 7) is 3.77. The van der Waals surface area contributed by atoms with E-state index >= 15 is 0 Å². The van der Waals surface area contributed by atoms with Crippen molar-refractivity contribution < 1.29 is 9.90 Å². The van der Waals surface area contributed by atoms with E-state index < -0.39 is 5.97 Å². The van der Waals surface area contributed by atoms with Crippen molar-refractivity contribution in [3.05, 3.63) is 12.2 Å². The van der Waals surface area contributed by atoms with Gasteiger partial charge in [0.15, 0.2) is 0 Å². The van der Waals surface area contributed by atoms with Crippen molar-refractivity contribution in [2.75, 3.05) is 0 Å². The molecule has 0 aromatic carbocycles. The van der Waals surface area contributed by atoms with Gasteiger partial charge < -0.3 is 5.11 Å². The van der Waals surface area contributed by atoms with Gasteiger partial charge in [-0.15, -0.1) is 0 Å². The fourth-order valence-electron chi connectivity index (χ4n) is 1.11. The quantitative estimate of drug-likeness (QED) is 0.669. The molecule has 0 heterocycles. The molecule has 0 saturated heterocycles. The van der Waals surface area contributed by atoms with Gasteiger partial charge in [-0.05, 0) is 31.6 Å². The summed E-state index contributed by atoms with van der Waals surface area (Å²) in [5.74, 6) is -0.438. The van der Waals surface area contributed by atoms with Gasteiger partial charge in [0.25, 0.3) is 0 Å². The first-order valence-corrected chi connectivity index (χ1v) is 4.99. The molecule has 0 aromatic heterocycles. The second-order valence-corrected chi connectivity index (χ2v) is 3.75. The van der Waals surface area contributed by atoms with Crippen LogP contribution >= 0.6 is 0 Å². The Bertz CT molecular complexity index is 151. The van der Waals surface area contributed by atoms with Crippen LogP contribution in [0, 0.1) is 5.92 Å². The van der Waals surface area contributed by atoms with Crippen LogP contribution in [-0.4, -0.2) is 11.1 Å². The molecule has 0 fully saturated rings. The van der Waals surface area contributed by atoms with E-state index in [-0.39, 0.29) is 12.3 Å².